The smallest absolute Gasteiger partial charge is 0.339 e. The Kier molecular flexibility index (Phi) is 6.12. The number of likely N-dealkylation sites (N-methyl/N-ethyl adjacent to an activating group) is 1. The van der Waals surface area contributed by atoms with Crippen molar-refractivity contribution in [2.24, 2.45) is 0 Å². The van der Waals surface area contributed by atoms with Crippen LogP contribution in [0.25, 0.3) is 10.8 Å². The first-order chi connectivity index (χ1) is 13.8. The van der Waals surface area contributed by atoms with Gasteiger partial charge in [-0.2, -0.15) is 0 Å². The molecule has 0 saturated carbocycles. The molecule has 1 fully saturated rings. The van der Waals surface area contributed by atoms with Crippen molar-refractivity contribution in [1.82, 2.24) is 4.90 Å². The fourth-order valence-electron chi connectivity index (χ4n) is 3.75. The molecule has 29 heavy (non-hydrogen) atoms. The Balaban J connectivity index is 1.78. The first-order valence-corrected chi connectivity index (χ1v) is 11.4. The lowest BCUT2D eigenvalue weighted by Gasteiger charge is -2.29. The lowest BCUT2D eigenvalue weighted by atomic mass is 10.0. The van der Waals surface area contributed by atoms with Crippen LogP contribution < -0.4 is 4.74 Å². The van der Waals surface area contributed by atoms with E-state index in [0.717, 1.165) is 5.39 Å². The highest BCUT2D eigenvalue weighted by Gasteiger charge is 2.36. The van der Waals surface area contributed by atoms with Crippen LogP contribution in [-0.2, 0) is 19.4 Å². The van der Waals surface area contributed by atoms with Crippen LogP contribution in [0, 0.1) is 0 Å². The second kappa shape index (κ2) is 8.41. The summed E-state index contributed by atoms with van der Waals surface area (Å²) in [6, 6.07) is 10.2. The molecule has 2 atom stereocenters. The maximum atomic E-state index is 12.8. The third-order valence-corrected chi connectivity index (χ3v) is 6.98. The Labute approximate surface area is 170 Å². The molecule has 1 amide bonds. The minimum Gasteiger partial charge on any atom is -0.496 e. The van der Waals surface area contributed by atoms with Gasteiger partial charge in [-0.15, -0.1) is 0 Å². The molecule has 0 aromatic heterocycles. The van der Waals surface area contributed by atoms with Gasteiger partial charge in [0.2, 0.25) is 0 Å². The third kappa shape index (κ3) is 4.37. The average molecular weight is 419 g/mol. The van der Waals surface area contributed by atoms with Gasteiger partial charge < -0.3 is 14.4 Å². The number of carbonyl (C=O) groups is 2. The molecule has 3 rings (SSSR count). The average Bonchev–Trinajstić information content (AvgIpc) is 3.06. The maximum Gasteiger partial charge on any atom is 0.339 e. The minimum atomic E-state index is -3.12. The van der Waals surface area contributed by atoms with E-state index in [1.54, 1.807) is 32.2 Å². The van der Waals surface area contributed by atoms with Crippen molar-refractivity contribution in [3.63, 3.8) is 0 Å². The first kappa shape index (κ1) is 21.1. The van der Waals surface area contributed by atoms with Crippen molar-refractivity contribution in [2.75, 3.05) is 25.2 Å². The van der Waals surface area contributed by atoms with Crippen LogP contribution >= 0.6 is 0 Å². The van der Waals surface area contributed by atoms with Gasteiger partial charge in [-0.25, -0.2) is 13.2 Å². The molecule has 0 radical (unpaired) electrons. The summed E-state index contributed by atoms with van der Waals surface area (Å²) in [6.45, 7) is 3.65. The SMILES string of the molecule is CCN(C(=O)[C@H](C)OC(=O)c1ccc(OC)c2ccccc12)[C@H]1CCS(=O)(=O)C1. The molecule has 8 heteroatoms. The van der Waals surface area contributed by atoms with Crippen molar-refractivity contribution in [3.05, 3.63) is 42.0 Å². The highest BCUT2D eigenvalue weighted by atomic mass is 32.2. The van der Waals surface area contributed by atoms with E-state index in [4.69, 9.17) is 9.47 Å². The summed E-state index contributed by atoms with van der Waals surface area (Å²) in [5.74, 6) is -0.328. The van der Waals surface area contributed by atoms with E-state index in [1.165, 1.54) is 11.8 Å². The van der Waals surface area contributed by atoms with Crippen molar-refractivity contribution in [3.8, 4) is 5.75 Å². The molecule has 0 aliphatic carbocycles. The summed E-state index contributed by atoms with van der Waals surface area (Å²) in [4.78, 5) is 27.1. The number of nitrogens with zero attached hydrogens (tertiary/aromatic N) is 1. The van der Waals surface area contributed by atoms with Crippen LogP contribution in [-0.4, -0.2) is 62.5 Å². The zero-order valence-corrected chi connectivity index (χ0v) is 17.6. The number of fused-ring (bicyclic) bond motifs is 1. The van der Waals surface area contributed by atoms with E-state index < -0.39 is 21.9 Å². The van der Waals surface area contributed by atoms with Gasteiger partial charge in [0.1, 0.15) is 5.75 Å². The van der Waals surface area contributed by atoms with E-state index in [1.807, 2.05) is 18.2 Å². The normalized spacial score (nSPS) is 18.9. The van der Waals surface area contributed by atoms with Crippen LogP contribution in [0.5, 0.6) is 5.75 Å². The molecule has 156 valence electrons. The zero-order chi connectivity index (χ0) is 21.2. The lowest BCUT2D eigenvalue weighted by molar-refractivity contribution is -0.141. The summed E-state index contributed by atoms with van der Waals surface area (Å²) in [5.41, 5.74) is 0.340. The van der Waals surface area contributed by atoms with Crippen LogP contribution in [0.15, 0.2) is 36.4 Å². The molecule has 0 unspecified atom stereocenters. The maximum absolute atomic E-state index is 12.8. The molecule has 1 saturated heterocycles. The molecule has 1 aliphatic heterocycles. The molecule has 1 heterocycles. The quantitative estimate of drug-likeness (QED) is 0.668. The van der Waals surface area contributed by atoms with Crippen molar-refractivity contribution >= 4 is 32.5 Å². The Hall–Kier alpha value is -2.61. The monoisotopic (exact) mass is 419 g/mol. The van der Waals surface area contributed by atoms with Gasteiger partial charge >= 0.3 is 5.97 Å². The summed E-state index contributed by atoms with van der Waals surface area (Å²) >= 11 is 0. The fraction of sp³-hybridized carbons (Fsp3) is 0.429. The molecule has 0 spiro atoms. The van der Waals surface area contributed by atoms with Gasteiger partial charge in [-0.05, 0) is 37.8 Å². The number of ether oxygens (including phenoxy) is 2. The number of carbonyl (C=O) groups excluding carboxylic acids is 2. The molecule has 2 aromatic carbocycles. The Morgan fingerprint density at radius 1 is 1.17 bits per heavy atom. The van der Waals surface area contributed by atoms with E-state index in [2.05, 4.69) is 0 Å². The van der Waals surface area contributed by atoms with E-state index >= 15 is 0 Å². The predicted molar refractivity (Wildman–Crippen MR) is 110 cm³/mol. The lowest BCUT2D eigenvalue weighted by Crippen LogP contribution is -2.46. The number of rotatable bonds is 6. The van der Waals surface area contributed by atoms with Gasteiger partial charge in [-0.3, -0.25) is 4.79 Å². The Bertz CT molecular complexity index is 1030. The number of methoxy groups -OCH3 is 1. The summed E-state index contributed by atoms with van der Waals surface area (Å²) < 4.78 is 34.3. The Morgan fingerprint density at radius 3 is 2.45 bits per heavy atom. The Morgan fingerprint density at radius 2 is 1.86 bits per heavy atom. The molecule has 0 N–H and O–H groups in total. The first-order valence-electron chi connectivity index (χ1n) is 9.55. The standard InChI is InChI=1S/C21H25NO6S/c1-4-22(15-11-12-29(25,26)13-15)20(23)14(2)28-21(24)18-9-10-19(27-3)17-8-6-5-7-16(17)18/h5-10,14-15H,4,11-13H2,1-3H3/t14-,15-/m0/s1. The number of hydrogen-bond donors (Lipinski definition) is 0. The van der Waals surface area contributed by atoms with E-state index in [0.29, 0.717) is 29.7 Å². The molecule has 0 bridgehead atoms. The number of esters is 1. The number of hydrogen-bond acceptors (Lipinski definition) is 6. The summed E-state index contributed by atoms with van der Waals surface area (Å²) in [7, 11) is -1.56. The predicted octanol–water partition coefficient (Wildman–Crippen LogP) is 2.43. The number of sulfone groups is 1. The van der Waals surface area contributed by atoms with Gasteiger partial charge in [-0.1, -0.05) is 24.3 Å². The van der Waals surface area contributed by atoms with E-state index in [-0.39, 0.29) is 23.5 Å². The van der Waals surface area contributed by atoms with Gasteiger partial charge in [0.15, 0.2) is 15.9 Å². The van der Waals surface area contributed by atoms with Crippen molar-refractivity contribution in [2.45, 2.75) is 32.4 Å². The fourth-order valence-corrected chi connectivity index (χ4v) is 5.48. The molecule has 2 aromatic rings. The van der Waals surface area contributed by atoms with Gasteiger partial charge in [0.05, 0.1) is 24.2 Å². The van der Waals surface area contributed by atoms with Crippen LogP contribution in [0.2, 0.25) is 0 Å². The molecule has 1 aliphatic rings. The third-order valence-electron chi connectivity index (χ3n) is 5.23. The van der Waals surface area contributed by atoms with Crippen LogP contribution in [0.4, 0.5) is 0 Å². The number of amides is 1. The van der Waals surface area contributed by atoms with Crippen LogP contribution in [0.1, 0.15) is 30.6 Å². The number of benzene rings is 2. The highest BCUT2D eigenvalue weighted by Crippen LogP contribution is 2.29. The van der Waals surface area contributed by atoms with Gasteiger partial charge in [0.25, 0.3) is 5.91 Å². The minimum absolute atomic E-state index is 0.0453. The van der Waals surface area contributed by atoms with Crippen molar-refractivity contribution in [1.29, 1.82) is 0 Å². The van der Waals surface area contributed by atoms with Gasteiger partial charge in [0, 0.05) is 18.0 Å². The highest BCUT2D eigenvalue weighted by molar-refractivity contribution is 7.91. The molecular formula is C21H25NO6S. The topological polar surface area (TPSA) is 90.0 Å². The summed E-state index contributed by atoms with van der Waals surface area (Å²) in [5, 5.41) is 1.44. The van der Waals surface area contributed by atoms with E-state index in [9.17, 15) is 18.0 Å². The second-order valence-corrected chi connectivity index (χ2v) is 9.32. The molecule has 7 nitrogen and oxygen atoms in total. The largest absolute Gasteiger partial charge is 0.496 e. The zero-order valence-electron chi connectivity index (χ0n) is 16.8. The summed E-state index contributed by atoms with van der Waals surface area (Å²) in [6.07, 6.45) is -0.613. The molecular weight excluding hydrogens is 394 g/mol. The van der Waals surface area contributed by atoms with Crippen LogP contribution in [0.3, 0.4) is 0 Å². The van der Waals surface area contributed by atoms with Crippen molar-refractivity contribution < 1.29 is 27.5 Å². The second-order valence-electron chi connectivity index (χ2n) is 7.09.